The number of piperidine rings is 1. The van der Waals surface area contributed by atoms with Crippen LogP contribution in [0.15, 0.2) is 23.1 Å². The van der Waals surface area contributed by atoms with Crippen LogP contribution in [0, 0.1) is 13.8 Å². The van der Waals surface area contributed by atoms with Gasteiger partial charge in [0.15, 0.2) is 6.04 Å². The zero-order valence-corrected chi connectivity index (χ0v) is 19.3. The first-order valence-corrected chi connectivity index (χ1v) is 12.3. The molecule has 2 aliphatic rings. The van der Waals surface area contributed by atoms with Crippen molar-refractivity contribution in [2.45, 2.75) is 76.9 Å². The summed E-state index contributed by atoms with van der Waals surface area (Å²) < 4.78 is 27.8. The number of piperazine rings is 1. The van der Waals surface area contributed by atoms with Crippen LogP contribution < -0.4 is 4.90 Å². The van der Waals surface area contributed by atoms with Crippen LogP contribution in [-0.2, 0) is 14.8 Å². The summed E-state index contributed by atoms with van der Waals surface area (Å²) in [5, 5.41) is 0. The Hall–Kier alpha value is -1.44. The molecule has 0 unspecified atom stereocenters. The lowest BCUT2D eigenvalue weighted by Gasteiger charge is -2.42. The summed E-state index contributed by atoms with van der Waals surface area (Å²) in [6.45, 7) is 12.3. The Bertz CT molecular complexity index is 837. The second kappa shape index (κ2) is 8.74. The van der Waals surface area contributed by atoms with Crippen LogP contribution >= 0.6 is 0 Å². The first-order valence-electron chi connectivity index (χ1n) is 10.9. The first-order chi connectivity index (χ1) is 13.6. The highest BCUT2D eigenvalue weighted by molar-refractivity contribution is 7.89. The van der Waals surface area contributed by atoms with Gasteiger partial charge in [-0.05, 0) is 65.5 Å². The van der Waals surface area contributed by atoms with E-state index in [0.717, 1.165) is 24.0 Å². The molecule has 0 bridgehead atoms. The van der Waals surface area contributed by atoms with Gasteiger partial charge in [-0.15, -0.1) is 0 Å². The first kappa shape index (κ1) is 22.2. The number of nitrogens with one attached hydrogen (secondary N) is 1. The Balaban J connectivity index is 1.66. The van der Waals surface area contributed by atoms with E-state index in [1.807, 2.05) is 32.9 Å². The molecule has 1 N–H and O–H groups in total. The van der Waals surface area contributed by atoms with E-state index in [2.05, 4.69) is 18.7 Å². The van der Waals surface area contributed by atoms with E-state index in [1.54, 1.807) is 10.4 Å². The zero-order valence-electron chi connectivity index (χ0n) is 18.4. The summed E-state index contributed by atoms with van der Waals surface area (Å²) in [4.78, 5) is 16.8. The number of aryl methyl sites for hydroxylation is 2. The molecular formula is C22H36N3O3S+. The van der Waals surface area contributed by atoms with Crippen molar-refractivity contribution in [3.05, 3.63) is 29.3 Å². The Morgan fingerprint density at radius 2 is 1.69 bits per heavy atom. The number of sulfonamides is 1. The number of rotatable bonds is 4. The lowest BCUT2D eigenvalue weighted by atomic mass is 9.96. The third-order valence-electron chi connectivity index (χ3n) is 6.74. The molecule has 1 aromatic rings. The number of benzene rings is 1. The third-order valence-corrected chi connectivity index (χ3v) is 8.80. The van der Waals surface area contributed by atoms with Crippen molar-refractivity contribution in [2.75, 3.05) is 26.2 Å². The highest BCUT2D eigenvalue weighted by atomic mass is 32.2. The van der Waals surface area contributed by atoms with Crippen molar-refractivity contribution in [3.8, 4) is 0 Å². The van der Waals surface area contributed by atoms with Gasteiger partial charge in [-0.1, -0.05) is 17.7 Å². The number of likely N-dealkylation sites (tertiary alicyclic amines) is 1. The third kappa shape index (κ3) is 4.52. The summed E-state index contributed by atoms with van der Waals surface area (Å²) in [6, 6.07) is 5.92. The van der Waals surface area contributed by atoms with Gasteiger partial charge in [0.05, 0.1) is 31.1 Å². The molecular weight excluding hydrogens is 386 g/mol. The number of quaternary nitrogens is 1. The molecule has 0 radical (unpaired) electrons. The SMILES string of the molecule is Cc1ccc(S(=O)(=O)N2CC[NH+]([C@@H](C)C(=O)N3[C@@H](C)CCC[C@@H]3C)CC2)c(C)c1. The van der Waals surface area contributed by atoms with Gasteiger partial charge in [-0.3, -0.25) is 4.79 Å². The topological polar surface area (TPSA) is 62.1 Å². The lowest BCUT2D eigenvalue weighted by Crippen LogP contribution is -3.19. The molecule has 162 valence electrons. The molecule has 2 saturated heterocycles. The number of carbonyl (C=O) groups excluding carboxylic acids is 1. The fourth-order valence-corrected chi connectivity index (χ4v) is 6.58. The molecule has 2 heterocycles. The molecule has 3 atom stereocenters. The molecule has 6 nitrogen and oxygen atoms in total. The maximum atomic E-state index is 13.2. The minimum absolute atomic E-state index is 0.135. The molecule has 0 saturated carbocycles. The maximum absolute atomic E-state index is 13.2. The second-order valence-corrected chi connectivity index (χ2v) is 10.8. The van der Waals surface area contributed by atoms with Gasteiger partial charge in [0.2, 0.25) is 10.0 Å². The Morgan fingerprint density at radius 1 is 1.10 bits per heavy atom. The van der Waals surface area contributed by atoms with Crippen molar-refractivity contribution in [2.24, 2.45) is 0 Å². The summed E-state index contributed by atoms with van der Waals surface area (Å²) in [5.74, 6) is 0.213. The molecule has 0 aromatic heterocycles. The smallest absolute Gasteiger partial charge is 0.281 e. The molecule has 3 rings (SSSR count). The molecule has 1 amide bonds. The predicted molar refractivity (Wildman–Crippen MR) is 114 cm³/mol. The summed E-state index contributed by atoms with van der Waals surface area (Å²) in [5.41, 5.74) is 1.85. The summed E-state index contributed by atoms with van der Waals surface area (Å²) >= 11 is 0. The average Bonchev–Trinajstić information content (AvgIpc) is 2.67. The number of nitrogens with zero attached hydrogens (tertiary/aromatic N) is 2. The Morgan fingerprint density at radius 3 is 2.24 bits per heavy atom. The Kier molecular flexibility index (Phi) is 6.70. The van der Waals surface area contributed by atoms with Crippen LogP contribution in [-0.4, -0.2) is 67.8 Å². The van der Waals surface area contributed by atoms with Gasteiger partial charge in [-0.2, -0.15) is 4.31 Å². The van der Waals surface area contributed by atoms with E-state index >= 15 is 0 Å². The quantitative estimate of drug-likeness (QED) is 0.797. The number of hydrogen-bond donors (Lipinski definition) is 1. The summed E-state index contributed by atoms with van der Waals surface area (Å²) in [7, 11) is -3.49. The minimum Gasteiger partial charge on any atom is -0.332 e. The van der Waals surface area contributed by atoms with Crippen LogP contribution in [0.1, 0.15) is 51.2 Å². The van der Waals surface area contributed by atoms with Crippen molar-refractivity contribution in [1.82, 2.24) is 9.21 Å². The lowest BCUT2D eigenvalue weighted by molar-refractivity contribution is -0.918. The predicted octanol–water partition coefficient (Wildman–Crippen LogP) is 1.37. The van der Waals surface area contributed by atoms with E-state index in [9.17, 15) is 13.2 Å². The standard InChI is InChI=1S/C22H35N3O3S/c1-16-9-10-21(17(2)15-16)29(27,28)24-13-11-23(12-14-24)20(5)22(26)25-18(3)7-6-8-19(25)4/h9-10,15,18-20H,6-8,11-14H2,1-5H3/p+1/t18-,19-,20-/m0/s1. The molecule has 0 aliphatic carbocycles. The minimum atomic E-state index is -3.49. The molecule has 2 fully saturated rings. The largest absolute Gasteiger partial charge is 0.332 e. The number of hydrogen-bond acceptors (Lipinski definition) is 3. The fourth-order valence-electron chi connectivity index (χ4n) is 4.93. The second-order valence-electron chi connectivity index (χ2n) is 8.93. The highest BCUT2D eigenvalue weighted by Gasteiger charge is 2.39. The van der Waals surface area contributed by atoms with Gasteiger partial charge < -0.3 is 9.80 Å². The monoisotopic (exact) mass is 422 g/mol. The van der Waals surface area contributed by atoms with Gasteiger partial charge >= 0.3 is 0 Å². The normalized spacial score (nSPS) is 25.8. The van der Waals surface area contributed by atoms with Crippen LogP contribution in [0.25, 0.3) is 0 Å². The van der Waals surface area contributed by atoms with Gasteiger partial charge in [0.25, 0.3) is 5.91 Å². The summed E-state index contributed by atoms with van der Waals surface area (Å²) in [6.07, 6.45) is 3.32. The Labute approximate surface area is 175 Å². The number of amides is 1. The van der Waals surface area contributed by atoms with Crippen molar-refractivity contribution in [3.63, 3.8) is 0 Å². The van der Waals surface area contributed by atoms with Gasteiger partial charge in [0, 0.05) is 12.1 Å². The van der Waals surface area contributed by atoms with Crippen LogP contribution in [0.2, 0.25) is 0 Å². The molecule has 0 spiro atoms. The maximum Gasteiger partial charge on any atom is 0.281 e. The molecule has 7 heteroatoms. The van der Waals surface area contributed by atoms with E-state index in [-0.39, 0.29) is 11.9 Å². The zero-order chi connectivity index (χ0) is 21.3. The molecule has 1 aromatic carbocycles. The van der Waals surface area contributed by atoms with E-state index in [1.165, 1.54) is 11.3 Å². The number of carbonyl (C=O) groups is 1. The van der Waals surface area contributed by atoms with E-state index < -0.39 is 10.0 Å². The average molecular weight is 423 g/mol. The molecule has 2 aliphatic heterocycles. The van der Waals surface area contributed by atoms with Crippen LogP contribution in [0.3, 0.4) is 0 Å². The highest BCUT2D eigenvalue weighted by Crippen LogP contribution is 2.23. The van der Waals surface area contributed by atoms with Crippen LogP contribution in [0.5, 0.6) is 0 Å². The van der Waals surface area contributed by atoms with Crippen LogP contribution in [0.4, 0.5) is 0 Å². The van der Waals surface area contributed by atoms with E-state index in [0.29, 0.717) is 43.2 Å². The van der Waals surface area contributed by atoms with Crippen molar-refractivity contribution < 1.29 is 18.1 Å². The van der Waals surface area contributed by atoms with Gasteiger partial charge in [0.1, 0.15) is 0 Å². The molecule has 29 heavy (non-hydrogen) atoms. The van der Waals surface area contributed by atoms with Gasteiger partial charge in [-0.25, -0.2) is 8.42 Å². The van der Waals surface area contributed by atoms with Crippen molar-refractivity contribution >= 4 is 15.9 Å². The fraction of sp³-hybridized carbons (Fsp3) is 0.682. The van der Waals surface area contributed by atoms with E-state index in [4.69, 9.17) is 0 Å². The van der Waals surface area contributed by atoms with Crippen molar-refractivity contribution in [1.29, 1.82) is 0 Å².